The molecule has 4 bridgehead atoms. The van der Waals surface area contributed by atoms with Crippen LogP contribution >= 0.6 is 0 Å². The summed E-state index contributed by atoms with van der Waals surface area (Å²) in [5, 5.41) is 28.9. The summed E-state index contributed by atoms with van der Waals surface area (Å²) in [4.78, 5) is 0. The number of nitriles is 1. The van der Waals surface area contributed by atoms with Crippen molar-refractivity contribution in [1.29, 1.82) is 5.26 Å². The van der Waals surface area contributed by atoms with Gasteiger partial charge in [0.2, 0.25) is 0 Å². The molecule has 3 fully saturated rings. The van der Waals surface area contributed by atoms with E-state index in [1.165, 1.54) is 0 Å². The topological polar surface area (TPSA) is 68.7 Å². The molecule has 0 aromatic heterocycles. The Morgan fingerprint density at radius 3 is 2.74 bits per heavy atom. The van der Waals surface area contributed by atoms with Crippen LogP contribution < -0.4 is 0 Å². The van der Waals surface area contributed by atoms with Gasteiger partial charge in [-0.2, -0.15) is 15.5 Å². The Bertz CT molecular complexity index is 536. The minimum atomic E-state index is -0.422. The van der Waals surface area contributed by atoms with Gasteiger partial charge in [-0.1, -0.05) is 12.2 Å². The first-order chi connectivity index (χ1) is 9.31. The fourth-order valence-electron chi connectivity index (χ4n) is 6.05. The fraction of sp³-hybridized carbons (Fsp3) is 0.800. The van der Waals surface area contributed by atoms with E-state index in [-0.39, 0.29) is 12.0 Å². The van der Waals surface area contributed by atoms with E-state index in [4.69, 9.17) is 0 Å². The lowest BCUT2D eigenvalue weighted by Gasteiger charge is -2.52. The van der Waals surface area contributed by atoms with Gasteiger partial charge in [0.1, 0.15) is 0 Å². The first kappa shape index (κ1) is 10.6. The number of hydrogen-bond acceptors (Lipinski definition) is 4. The summed E-state index contributed by atoms with van der Waals surface area (Å²) >= 11 is 0. The van der Waals surface area contributed by atoms with Gasteiger partial charge in [0.15, 0.2) is 0 Å². The molecule has 0 radical (unpaired) electrons. The number of fused-ring (bicyclic) bond motifs is 2. The second kappa shape index (κ2) is 3.27. The van der Waals surface area contributed by atoms with Gasteiger partial charge in [-0.25, -0.2) is 0 Å². The van der Waals surface area contributed by atoms with Gasteiger partial charge in [-0.05, 0) is 42.4 Å². The standard InChI is InChI=1S/C15H17N3O/c16-5-10-8-4-9(15(10)19)12-11(8)13-6-2-1-3-7(6)14(12)18-17-13/h1,3,6-15,19H,2,4H2/t6-,7+,8-,9-,10+,11+,12-,13-,14+,15-/m0/s1. The maximum atomic E-state index is 10.4. The fourth-order valence-corrected chi connectivity index (χ4v) is 6.05. The second-order valence-electron chi connectivity index (χ2n) is 6.98. The van der Waals surface area contributed by atoms with Crippen molar-refractivity contribution in [2.45, 2.75) is 31.0 Å². The van der Waals surface area contributed by atoms with Crippen molar-refractivity contribution < 1.29 is 5.11 Å². The highest BCUT2D eigenvalue weighted by molar-refractivity contribution is 5.24. The third-order valence-electron chi connectivity index (χ3n) is 6.61. The van der Waals surface area contributed by atoms with Crippen LogP contribution in [0.1, 0.15) is 12.8 Å². The normalized spacial score (nSPS) is 63.2. The van der Waals surface area contributed by atoms with Crippen LogP contribution in [0.3, 0.4) is 0 Å². The summed E-state index contributed by atoms with van der Waals surface area (Å²) in [6, 6.07) is 2.95. The van der Waals surface area contributed by atoms with Gasteiger partial charge >= 0.3 is 0 Å². The molecule has 3 saturated carbocycles. The Kier molecular flexibility index (Phi) is 1.82. The Labute approximate surface area is 112 Å². The highest BCUT2D eigenvalue weighted by Crippen LogP contribution is 2.65. The van der Waals surface area contributed by atoms with Gasteiger partial charge in [-0.15, -0.1) is 0 Å². The summed E-state index contributed by atoms with van der Waals surface area (Å²) in [6.07, 6.45) is 6.35. The van der Waals surface area contributed by atoms with Crippen molar-refractivity contribution in [2.24, 2.45) is 51.7 Å². The zero-order chi connectivity index (χ0) is 12.7. The quantitative estimate of drug-likeness (QED) is 0.670. The van der Waals surface area contributed by atoms with Crippen molar-refractivity contribution in [3.63, 3.8) is 0 Å². The molecule has 4 aliphatic carbocycles. The molecule has 2 heterocycles. The number of azo groups is 1. The predicted molar refractivity (Wildman–Crippen MR) is 66.9 cm³/mol. The van der Waals surface area contributed by atoms with Gasteiger partial charge in [0.25, 0.3) is 0 Å². The lowest BCUT2D eigenvalue weighted by molar-refractivity contribution is -0.0488. The summed E-state index contributed by atoms with van der Waals surface area (Å²) in [7, 11) is 0. The van der Waals surface area contributed by atoms with E-state index in [0.717, 1.165) is 12.8 Å². The van der Waals surface area contributed by atoms with Crippen molar-refractivity contribution >= 4 is 0 Å². The summed E-state index contributed by atoms with van der Waals surface area (Å²) in [5.41, 5.74) is 0. The van der Waals surface area contributed by atoms with Gasteiger partial charge < -0.3 is 5.11 Å². The minimum absolute atomic E-state index is 0.159. The first-order valence-electron chi connectivity index (χ1n) is 7.45. The van der Waals surface area contributed by atoms with Gasteiger partial charge in [0, 0.05) is 5.92 Å². The molecule has 6 rings (SSSR count). The molecule has 0 unspecified atom stereocenters. The highest BCUT2D eigenvalue weighted by atomic mass is 16.3. The zero-order valence-electron chi connectivity index (χ0n) is 10.6. The van der Waals surface area contributed by atoms with Crippen LogP contribution in [0, 0.1) is 52.8 Å². The molecule has 1 N–H and O–H groups in total. The molecule has 0 spiro atoms. The number of allylic oxidation sites excluding steroid dienone is 1. The van der Waals surface area contributed by atoms with E-state index in [0.29, 0.717) is 41.5 Å². The van der Waals surface area contributed by atoms with Crippen LogP contribution in [0.25, 0.3) is 0 Å². The molecule has 0 aromatic rings. The SMILES string of the molecule is N#C[C@H]1[C@@H](O)[C@H]2C[C@@H]1[C@H]1[C@H]3N=N[C@H]([C@@H]4C=CC[C@@H]43)[C@@H]21. The maximum Gasteiger partial charge on any atom is 0.0809 e. The average Bonchev–Trinajstić information content (AvgIpc) is 3.12. The Hall–Kier alpha value is -1.21. The molecular weight excluding hydrogens is 238 g/mol. The highest BCUT2D eigenvalue weighted by Gasteiger charge is 2.67. The van der Waals surface area contributed by atoms with Crippen LogP contribution in [0.2, 0.25) is 0 Å². The Morgan fingerprint density at radius 1 is 1.11 bits per heavy atom. The second-order valence-corrected chi connectivity index (χ2v) is 6.98. The molecule has 10 atom stereocenters. The third-order valence-corrected chi connectivity index (χ3v) is 6.61. The number of aliphatic hydroxyl groups is 1. The summed E-state index contributed by atoms with van der Waals surface area (Å²) < 4.78 is 0. The van der Waals surface area contributed by atoms with E-state index in [9.17, 15) is 10.4 Å². The lowest BCUT2D eigenvalue weighted by atomic mass is 9.56. The molecule has 0 aromatic carbocycles. The van der Waals surface area contributed by atoms with Crippen LogP contribution in [-0.2, 0) is 0 Å². The molecule has 98 valence electrons. The van der Waals surface area contributed by atoms with Crippen molar-refractivity contribution in [1.82, 2.24) is 0 Å². The van der Waals surface area contributed by atoms with Crippen LogP contribution in [-0.4, -0.2) is 23.3 Å². The lowest BCUT2D eigenvalue weighted by Crippen LogP contribution is -2.57. The van der Waals surface area contributed by atoms with Crippen molar-refractivity contribution in [2.75, 3.05) is 0 Å². The van der Waals surface area contributed by atoms with E-state index in [1.807, 2.05) is 0 Å². The third kappa shape index (κ3) is 1.03. The van der Waals surface area contributed by atoms with E-state index >= 15 is 0 Å². The first-order valence-corrected chi connectivity index (χ1v) is 7.45. The summed E-state index contributed by atoms with van der Waals surface area (Å²) in [6.45, 7) is 0. The van der Waals surface area contributed by atoms with E-state index in [1.54, 1.807) is 0 Å². The monoisotopic (exact) mass is 255 g/mol. The van der Waals surface area contributed by atoms with Gasteiger partial charge in [-0.3, -0.25) is 0 Å². The molecule has 6 aliphatic rings. The average molecular weight is 255 g/mol. The molecule has 0 saturated heterocycles. The van der Waals surface area contributed by atoms with Gasteiger partial charge in [0.05, 0.1) is 30.2 Å². The summed E-state index contributed by atoms with van der Waals surface area (Å²) in [5.74, 6) is 2.67. The Balaban J connectivity index is 1.61. The molecule has 0 amide bonds. The van der Waals surface area contributed by atoms with Crippen LogP contribution in [0.15, 0.2) is 22.4 Å². The molecule has 4 nitrogen and oxygen atoms in total. The molecule has 19 heavy (non-hydrogen) atoms. The number of nitrogens with zero attached hydrogens (tertiary/aromatic N) is 3. The number of rotatable bonds is 0. The Morgan fingerprint density at radius 2 is 1.89 bits per heavy atom. The van der Waals surface area contributed by atoms with Crippen LogP contribution in [0.4, 0.5) is 0 Å². The molecular formula is C15H17N3O. The smallest absolute Gasteiger partial charge is 0.0809 e. The minimum Gasteiger partial charge on any atom is -0.391 e. The number of hydrogen-bond donors (Lipinski definition) is 1. The van der Waals surface area contributed by atoms with Crippen molar-refractivity contribution in [3.8, 4) is 6.07 Å². The molecule has 4 heteroatoms. The predicted octanol–water partition coefficient (Wildman–Crippen LogP) is 1.78. The maximum absolute atomic E-state index is 10.4. The molecule has 2 aliphatic heterocycles. The van der Waals surface area contributed by atoms with E-state index < -0.39 is 6.10 Å². The van der Waals surface area contributed by atoms with E-state index in [2.05, 4.69) is 28.4 Å². The van der Waals surface area contributed by atoms with Crippen LogP contribution in [0.5, 0.6) is 0 Å². The largest absolute Gasteiger partial charge is 0.391 e. The zero-order valence-corrected chi connectivity index (χ0v) is 10.6. The van der Waals surface area contributed by atoms with Crippen molar-refractivity contribution in [3.05, 3.63) is 12.2 Å². The number of aliphatic hydroxyl groups excluding tert-OH is 1.